The molecule has 0 heterocycles. The molecule has 0 radical (unpaired) electrons. The smallest absolute Gasteiger partial charge is 0.330 e. The third-order valence-electron chi connectivity index (χ3n) is 1.41. The summed E-state index contributed by atoms with van der Waals surface area (Å²) in [6.45, 7) is 7.14. The third-order valence-corrected chi connectivity index (χ3v) is 1.41. The minimum Gasteiger partial charge on any atom is -0.478 e. The number of hydrogen-bond donors (Lipinski definition) is 1. The molecular weight excluding hydrogens is 140 g/mol. The maximum Gasteiger partial charge on any atom is 0.330 e. The Kier molecular flexibility index (Phi) is 4.27. The number of allylic oxidation sites excluding steroid dienone is 2. The fourth-order valence-corrected chi connectivity index (χ4v) is 0.829. The Balaban J connectivity index is 4.06. The summed E-state index contributed by atoms with van der Waals surface area (Å²) in [5, 5.41) is 8.50. The van der Waals surface area contributed by atoms with Crippen molar-refractivity contribution in [2.45, 2.75) is 20.3 Å². The summed E-state index contributed by atoms with van der Waals surface area (Å²) < 4.78 is 0. The van der Waals surface area contributed by atoms with E-state index in [-0.39, 0.29) is 5.92 Å². The van der Waals surface area contributed by atoms with Crippen LogP contribution in [0.15, 0.2) is 24.3 Å². The SMILES string of the molecule is C=CCC(C)C=C(C)C(=O)O. The number of carbonyl (C=O) groups is 1. The minimum absolute atomic E-state index is 0.267. The van der Waals surface area contributed by atoms with Gasteiger partial charge in [-0.1, -0.05) is 19.1 Å². The molecule has 0 rings (SSSR count). The van der Waals surface area contributed by atoms with Crippen LogP contribution in [-0.4, -0.2) is 11.1 Å². The highest BCUT2D eigenvalue weighted by atomic mass is 16.4. The lowest BCUT2D eigenvalue weighted by molar-refractivity contribution is -0.132. The lowest BCUT2D eigenvalue weighted by Gasteiger charge is -2.01. The third kappa shape index (κ3) is 4.37. The molecule has 2 heteroatoms. The first-order valence-corrected chi connectivity index (χ1v) is 3.60. The van der Waals surface area contributed by atoms with E-state index < -0.39 is 5.97 Å². The fourth-order valence-electron chi connectivity index (χ4n) is 0.829. The summed E-state index contributed by atoms with van der Waals surface area (Å²) in [4.78, 5) is 10.3. The fraction of sp³-hybridized carbons (Fsp3) is 0.444. The van der Waals surface area contributed by atoms with Crippen LogP contribution >= 0.6 is 0 Å². The molecule has 0 aromatic rings. The molecule has 0 aromatic heterocycles. The Morgan fingerprint density at radius 2 is 2.27 bits per heavy atom. The summed E-state index contributed by atoms with van der Waals surface area (Å²) in [6.07, 6.45) is 4.35. The zero-order chi connectivity index (χ0) is 8.85. The van der Waals surface area contributed by atoms with E-state index in [0.717, 1.165) is 6.42 Å². The average molecular weight is 154 g/mol. The molecule has 62 valence electrons. The van der Waals surface area contributed by atoms with Crippen molar-refractivity contribution in [1.82, 2.24) is 0 Å². The minimum atomic E-state index is -0.846. The van der Waals surface area contributed by atoms with E-state index in [1.165, 1.54) is 0 Å². The highest BCUT2D eigenvalue weighted by Crippen LogP contribution is 2.07. The number of hydrogen-bond acceptors (Lipinski definition) is 1. The predicted octanol–water partition coefficient (Wildman–Crippen LogP) is 2.23. The van der Waals surface area contributed by atoms with Gasteiger partial charge in [0, 0.05) is 5.57 Å². The Hall–Kier alpha value is -1.05. The first-order valence-electron chi connectivity index (χ1n) is 3.60. The molecular formula is C9H14O2. The molecule has 0 aliphatic carbocycles. The first kappa shape index (κ1) is 9.95. The summed E-state index contributed by atoms with van der Waals surface area (Å²) in [5.41, 5.74) is 0.402. The zero-order valence-electron chi connectivity index (χ0n) is 7.00. The molecule has 1 atom stereocenters. The van der Waals surface area contributed by atoms with E-state index >= 15 is 0 Å². The number of aliphatic carboxylic acids is 1. The topological polar surface area (TPSA) is 37.3 Å². The summed E-state index contributed by atoms with van der Waals surface area (Å²) in [7, 11) is 0. The van der Waals surface area contributed by atoms with E-state index in [2.05, 4.69) is 6.58 Å². The lowest BCUT2D eigenvalue weighted by atomic mass is 10.1. The molecule has 0 saturated heterocycles. The number of rotatable bonds is 4. The van der Waals surface area contributed by atoms with Gasteiger partial charge >= 0.3 is 5.97 Å². The van der Waals surface area contributed by atoms with Crippen LogP contribution in [0.3, 0.4) is 0 Å². The molecule has 0 fully saturated rings. The van der Waals surface area contributed by atoms with Crippen LogP contribution in [0.5, 0.6) is 0 Å². The Labute approximate surface area is 67.2 Å². The monoisotopic (exact) mass is 154 g/mol. The molecule has 0 spiro atoms. The first-order chi connectivity index (χ1) is 5.07. The molecule has 0 aromatic carbocycles. The number of carboxylic acid groups (broad SMARTS) is 1. The molecule has 0 amide bonds. The van der Waals surface area contributed by atoms with Gasteiger partial charge in [0.2, 0.25) is 0 Å². The van der Waals surface area contributed by atoms with Gasteiger partial charge in [-0.05, 0) is 19.3 Å². The van der Waals surface area contributed by atoms with E-state index in [0.29, 0.717) is 5.57 Å². The summed E-state index contributed by atoms with van der Waals surface area (Å²) >= 11 is 0. The lowest BCUT2D eigenvalue weighted by Crippen LogP contribution is -1.98. The van der Waals surface area contributed by atoms with E-state index in [4.69, 9.17) is 5.11 Å². The Bertz CT molecular complexity index is 180. The Morgan fingerprint density at radius 1 is 1.73 bits per heavy atom. The quantitative estimate of drug-likeness (QED) is 0.498. The summed E-state index contributed by atoms with van der Waals surface area (Å²) in [6, 6.07) is 0. The second-order valence-corrected chi connectivity index (χ2v) is 2.66. The Morgan fingerprint density at radius 3 is 2.64 bits per heavy atom. The van der Waals surface area contributed by atoms with Crippen molar-refractivity contribution in [3.05, 3.63) is 24.3 Å². The van der Waals surface area contributed by atoms with Crippen LogP contribution in [0.4, 0.5) is 0 Å². The van der Waals surface area contributed by atoms with Crippen LogP contribution < -0.4 is 0 Å². The van der Waals surface area contributed by atoms with Crippen molar-refractivity contribution in [1.29, 1.82) is 0 Å². The van der Waals surface area contributed by atoms with Crippen LogP contribution in [0, 0.1) is 5.92 Å². The van der Waals surface area contributed by atoms with Crippen molar-refractivity contribution >= 4 is 5.97 Å². The standard InChI is InChI=1S/C9H14O2/c1-4-5-7(2)6-8(3)9(10)11/h4,6-7H,1,5H2,2-3H3,(H,10,11). The molecule has 0 aliphatic rings. The van der Waals surface area contributed by atoms with Gasteiger partial charge < -0.3 is 5.11 Å². The molecule has 11 heavy (non-hydrogen) atoms. The van der Waals surface area contributed by atoms with Gasteiger partial charge in [-0.15, -0.1) is 6.58 Å². The van der Waals surface area contributed by atoms with Gasteiger partial charge in [-0.2, -0.15) is 0 Å². The average Bonchev–Trinajstić information content (AvgIpc) is 1.87. The highest BCUT2D eigenvalue weighted by molar-refractivity contribution is 5.85. The maximum absolute atomic E-state index is 10.3. The molecule has 1 N–H and O–H groups in total. The second-order valence-electron chi connectivity index (χ2n) is 2.66. The van der Waals surface area contributed by atoms with Gasteiger partial charge in [0.1, 0.15) is 0 Å². The predicted molar refractivity (Wildman–Crippen MR) is 45.4 cm³/mol. The van der Waals surface area contributed by atoms with Crippen molar-refractivity contribution in [3.8, 4) is 0 Å². The van der Waals surface area contributed by atoms with Crippen LogP contribution in [-0.2, 0) is 4.79 Å². The van der Waals surface area contributed by atoms with Gasteiger partial charge in [0.05, 0.1) is 0 Å². The van der Waals surface area contributed by atoms with E-state index in [1.807, 2.05) is 6.92 Å². The highest BCUT2D eigenvalue weighted by Gasteiger charge is 2.01. The van der Waals surface area contributed by atoms with Crippen molar-refractivity contribution in [2.75, 3.05) is 0 Å². The van der Waals surface area contributed by atoms with Gasteiger partial charge in [0.25, 0.3) is 0 Å². The maximum atomic E-state index is 10.3. The van der Waals surface area contributed by atoms with Gasteiger partial charge in [-0.25, -0.2) is 4.79 Å². The van der Waals surface area contributed by atoms with Gasteiger partial charge in [0.15, 0.2) is 0 Å². The molecule has 2 nitrogen and oxygen atoms in total. The van der Waals surface area contributed by atoms with Crippen LogP contribution in [0.2, 0.25) is 0 Å². The van der Waals surface area contributed by atoms with Crippen molar-refractivity contribution in [3.63, 3.8) is 0 Å². The molecule has 0 bridgehead atoms. The number of carboxylic acids is 1. The van der Waals surface area contributed by atoms with Crippen LogP contribution in [0.1, 0.15) is 20.3 Å². The largest absolute Gasteiger partial charge is 0.478 e. The summed E-state index contributed by atoms with van der Waals surface area (Å²) in [5.74, 6) is -0.579. The van der Waals surface area contributed by atoms with Crippen LogP contribution in [0.25, 0.3) is 0 Å². The van der Waals surface area contributed by atoms with E-state index in [1.54, 1.807) is 19.1 Å². The molecule has 0 saturated carbocycles. The molecule has 0 aliphatic heterocycles. The molecule has 1 unspecified atom stereocenters. The second kappa shape index (κ2) is 4.72. The zero-order valence-corrected chi connectivity index (χ0v) is 7.00. The van der Waals surface area contributed by atoms with Crippen molar-refractivity contribution in [2.24, 2.45) is 5.92 Å². The van der Waals surface area contributed by atoms with Gasteiger partial charge in [-0.3, -0.25) is 0 Å². The normalized spacial score (nSPS) is 14.2. The van der Waals surface area contributed by atoms with Crippen molar-refractivity contribution < 1.29 is 9.90 Å². The van der Waals surface area contributed by atoms with E-state index in [9.17, 15) is 4.79 Å².